The summed E-state index contributed by atoms with van der Waals surface area (Å²) < 4.78 is 9.30. The average Bonchev–Trinajstić information content (AvgIpc) is 3.41. The van der Waals surface area contributed by atoms with Crippen molar-refractivity contribution in [3.8, 4) is 22.8 Å². The number of thioether (sulfide) groups is 1. The first-order valence-electron chi connectivity index (χ1n) is 9.62. The van der Waals surface area contributed by atoms with E-state index in [-0.39, 0.29) is 0 Å². The molecule has 0 aliphatic carbocycles. The predicted octanol–water partition coefficient (Wildman–Crippen LogP) is 5.54. The molecule has 0 amide bonds. The maximum atomic E-state index is 6.09. The maximum absolute atomic E-state index is 6.09. The van der Waals surface area contributed by atoms with Crippen LogP contribution in [0.2, 0.25) is 5.02 Å². The number of hydrogen-bond acceptors (Lipinski definition) is 5. The molecule has 5 rings (SSSR count). The van der Waals surface area contributed by atoms with E-state index in [4.69, 9.17) is 16.3 Å². The summed E-state index contributed by atoms with van der Waals surface area (Å²) in [7, 11) is 1.66. The normalized spacial score (nSPS) is 11.2. The number of halogens is 1. The van der Waals surface area contributed by atoms with Gasteiger partial charge in [0.15, 0.2) is 11.0 Å². The van der Waals surface area contributed by atoms with Crippen molar-refractivity contribution in [2.24, 2.45) is 0 Å². The Balaban J connectivity index is 1.50. The molecule has 0 atom stereocenters. The van der Waals surface area contributed by atoms with Gasteiger partial charge in [-0.25, -0.2) is 4.98 Å². The van der Waals surface area contributed by atoms with Crippen molar-refractivity contribution in [3.63, 3.8) is 0 Å². The minimum absolute atomic E-state index is 0.655. The third-order valence-corrected chi connectivity index (χ3v) is 6.00. The predicted molar refractivity (Wildman–Crippen MR) is 123 cm³/mol. The highest BCUT2D eigenvalue weighted by Gasteiger charge is 2.17. The molecule has 154 valence electrons. The van der Waals surface area contributed by atoms with Crippen LogP contribution in [0, 0.1) is 0 Å². The third kappa shape index (κ3) is 4.02. The minimum atomic E-state index is 0.655. The molecule has 0 radical (unpaired) electrons. The smallest absolute Gasteiger partial charge is 0.196 e. The topological polar surface area (TPSA) is 57.2 Å². The number of rotatable bonds is 6. The van der Waals surface area contributed by atoms with Crippen LogP contribution in [-0.4, -0.2) is 31.3 Å². The zero-order valence-electron chi connectivity index (χ0n) is 16.6. The van der Waals surface area contributed by atoms with Gasteiger partial charge in [-0.3, -0.25) is 4.57 Å². The van der Waals surface area contributed by atoms with Crippen molar-refractivity contribution in [2.45, 2.75) is 10.9 Å². The molecule has 0 fully saturated rings. The Kier molecular flexibility index (Phi) is 5.36. The second-order valence-corrected chi connectivity index (χ2v) is 8.22. The SMILES string of the molecule is COc1ccc(-n2c(SCc3cn4cc(Cl)ccc4n3)nnc2-c2ccccc2)cc1. The van der Waals surface area contributed by atoms with Crippen molar-refractivity contribution < 1.29 is 4.74 Å². The van der Waals surface area contributed by atoms with E-state index in [1.165, 1.54) is 0 Å². The summed E-state index contributed by atoms with van der Waals surface area (Å²) in [5.74, 6) is 2.24. The number of fused-ring (bicyclic) bond motifs is 1. The summed E-state index contributed by atoms with van der Waals surface area (Å²) in [4.78, 5) is 4.67. The van der Waals surface area contributed by atoms with Crippen LogP contribution in [0.25, 0.3) is 22.7 Å². The van der Waals surface area contributed by atoms with Crippen LogP contribution >= 0.6 is 23.4 Å². The fourth-order valence-corrected chi connectivity index (χ4v) is 4.33. The molecular formula is C23H18ClN5OS. The van der Waals surface area contributed by atoms with Gasteiger partial charge < -0.3 is 9.14 Å². The second-order valence-electron chi connectivity index (χ2n) is 6.84. The molecule has 0 saturated heterocycles. The number of pyridine rings is 1. The van der Waals surface area contributed by atoms with Gasteiger partial charge in [0.25, 0.3) is 0 Å². The zero-order chi connectivity index (χ0) is 21.2. The molecule has 0 saturated carbocycles. The number of imidazole rings is 1. The Bertz CT molecular complexity index is 1330. The Hall–Kier alpha value is -3.29. The summed E-state index contributed by atoms with van der Waals surface area (Å²) in [6, 6.07) is 21.7. The maximum Gasteiger partial charge on any atom is 0.196 e. The second kappa shape index (κ2) is 8.45. The first-order valence-corrected chi connectivity index (χ1v) is 11.0. The van der Waals surface area contributed by atoms with Crippen LogP contribution in [0.5, 0.6) is 5.75 Å². The Morgan fingerprint density at radius 1 is 0.935 bits per heavy atom. The lowest BCUT2D eigenvalue weighted by Crippen LogP contribution is -2.00. The van der Waals surface area contributed by atoms with Gasteiger partial charge in [0.2, 0.25) is 0 Å². The van der Waals surface area contributed by atoms with E-state index >= 15 is 0 Å². The summed E-state index contributed by atoms with van der Waals surface area (Å²) in [6.07, 6.45) is 3.84. The van der Waals surface area contributed by atoms with Crippen LogP contribution in [0.15, 0.2) is 84.3 Å². The highest BCUT2D eigenvalue weighted by Crippen LogP contribution is 2.30. The van der Waals surface area contributed by atoms with Crippen molar-refractivity contribution in [3.05, 3.63) is 89.8 Å². The lowest BCUT2D eigenvalue weighted by atomic mass is 10.2. The lowest BCUT2D eigenvalue weighted by molar-refractivity contribution is 0.414. The molecule has 8 heteroatoms. The molecule has 0 unspecified atom stereocenters. The monoisotopic (exact) mass is 447 g/mol. The highest BCUT2D eigenvalue weighted by molar-refractivity contribution is 7.98. The Morgan fingerprint density at radius 2 is 1.74 bits per heavy atom. The van der Waals surface area contributed by atoms with Crippen molar-refractivity contribution in [1.29, 1.82) is 0 Å². The molecule has 3 aromatic heterocycles. The summed E-state index contributed by atoms with van der Waals surface area (Å²) in [6.45, 7) is 0. The van der Waals surface area contributed by atoms with Gasteiger partial charge in [-0.1, -0.05) is 53.7 Å². The van der Waals surface area contributed by atoms with Crippen LogP contribution in [-0.2, 0) is 5.75 Å². The standard InChI is InChI=1S/C23H18ClN5OS/c1-30-20-10-8-19(9-11-20)29-22(16-5-3-2-4-6-16)26-27-23(29)31-15-18-14-28-13-17(24)7-12-21(28)25-18/h2-14H,15H2,1H3. The van der Waals surface area contributed by atoms with Crippen LogP contribution in [0.4, 0.5) is 0 Å². The molecule has 3 heterocycles. The largest absolute Gasteiger partial charge is 0.497 e. The van der Waals surface area contributed by atoms with E-state index in [0.717, 1.165) is 39.3 Å². The van der Waals surface area contributed by atoms with Gasteiger partial charge in [-0.05, 0) is 36.4 Å². The molecule has 31 heavy (non-hydrogen) atoms. The molecule has 6 nitrogen and oxygen atoms in total. The van der Waals surface area contributed by atoms with E-state index in [1.807, 2.05) is 83.5 Å². The first-order chi connectivity index (χ1) is 15.2. The van der Waals surface area contributed by atoms with Crippen molar-refractivity contribution >= 4 is 29.0 Å². The summed E-state index contributed by atoms with van der Waals surface area (Å²) in [5, 5.41) is 10.4. The summed E-state index contributed by atoms with van der Waals surface area (Å²) >= 11 is 7.68. The molecule has 0 N–H and O–H groups in total. The fourth-order valence-electron chi connectivity index (χ4n) is 3.33. The lowest BCUT2D eigenvalue weighted by Gasteiger charge is -2.11. The van der Waals surface area contributed by atoms with Gasteiger partial charge >= 0.3 is 0 Å². The molecule has 0 bridgehead atoms. The first kappa shape index (κ1) is 19.7. The van der Waals surface area contributed by atoms with Gasteiger partial charge in [0.05, 0.1) is 17.8 Å². The molecular weight excluding hydrogens is 430 g/mol. The molecule has 0 aliphatic rings. The van der Waals surface area contributed by atoms with Gasteiger partial charge in [-0.15, -0.1) is 10.2 Å². The fraction of sp³-hybridized carbons (Fsp3) is 0.0870. The number of methoxy groups -OCH3 is 1. The Labute approximate surface area is 188 Å². The molecule has 0 aliphatic heterocycles. The van der Waals surface area contributed by atoms with Gasteiger partial charge in [0.1, 0.15) is 11.4 Å². The van der Waals surface area contributed by atoms with Gasteiger partial charge in [0, 0.05) is 29.4 Å². The van der Waals surface area contributed by atoms with E-state index in [0.29, 0.717) is 10.8 Å². The minimum Gasteiger partial charge on any atom is -0.497 e. The van der Waals surface area contributed by atoms with E-state index in [9.17, 15) is 0 Å². The van der Waals surface area contributed by atoms with Crippen molar-refractivity contribution in [1.82, 2.24) is 24.1 Å². The van der Waals surface area contributed by atoms with Crippen LogP contribution in [0.3, 0.4) is 0 Å². The zero-order valence-corrected chi connectivity index (χ0v) is 18.2. The van der Waals surface area contributed by atoms with E-state index in [2.05, 4.69) is 19.7 Å². The molecule has 5 aromatic rings. The van der Waals surface area contributed by atoms with Crippen LogP contribution < -0.4 is 4.74 Å². The quantitative estimate of drug-likeness (QED) is 0.320. The van der Waals surface area contributed by atoms with E-state index in [1.54, 1.807) is 18.9 Å². The third-order valence-electron chi connectivity index (χ3n) is 4.81. The average molecular weight is 448 g/mol. The van der Waals surface area contributed by atoms with Crippen molar-refractivity contribution in [2.75, 3.05) is 7.11 Å². The number of hydrogen-bond donors (Lipinski definition) is 0. The number of ether oxygens (including phenoxy) is 1. The molecule has 2 aromatic carbocycles. The van der Waals surface area contributed by atoms with E-state index < -0.39 is 0 Å². The Morgan fingerprint density at radius 3 is 2.52 bits per heavy atom. The van der Waals surface area contributed by atoms with Crippen LogP contribution in [0.1, 0.15) is 5.69 Å². The number of aromatic nitrogens is 5. The summed E-state index contributed by atoms with van der Waals surface area (Å²) in [5.41, 5.74) is 3.77. The highest BCUT2D eigenvalue weighted by atomic mass is 35.5. The van der Waals surface area contributed by atoms with Gasteiger partial charge in [-0.2, -0.15) is 0 Å². The number of nitrogens with zero attached hydrogens (tertiary/aromatic N) is 5. The molecule has 0 spiro atoms. The number of benzene rings is 2.